The van der Waals surface area contributed by atoms with Gasteiger partial charge in [-0.2, -0.15) is 5.10 Å². The Balaban J connectivity index is 2.50. The van der Waals surface area contributed by atoms with Gasteiger partial charge >= 0.3 is 5.97 Å². The van der Waals surface area contributed by atoms with Gasteiger partial charge in [0.2, 0.25) is 0 Å². The van der Waals surface area contributed by atoms with Crippen molar-refractivity contribution < 1.29 is 9.90 Å². The van der Waals surface area contributed by atoms with Crippen molar-refractivity contribution in [1.29, 1.82) is 0 Å². The van der Waals surface area contributed by atoms with Gasteiger partial charge < -0.3 is 10.4 Å². The van der Waals surface area contributed by atoms with Crippen LogP contribution in [0.2, 0.25) is 5.02 Å². The third kappa shape index (κ3) is 2.37. The summed E-state index contributed by atoms with van der Waals surface area (Å²) in [7, 11) is 1.75. The van der Waals surface area contributed by atoms with E-state index >= 15 is 0 Å². The number of carbonyl (C=O) groups is 1. The Morgan fingerprint density at radius 2 is 2.11 bits per heavy atom. The number of nitrogens with zero attached hydrogens (tertiary/aromatic N) is 2. The number of aromatic nitrogens is 2. The van der Waals surface area contributed by atoms with E-state index < -0.39 is 5.97 Å². The molecule has 0 amide bonds. The van der Waals surface area contributed by atoms with Crippen LogP contribution in [-0.2, 0) is 6.54 Å². The Morgan fingerprint density at radius 1 is 1.44 bits per heavy atom. The molecule has 2 N–H and O–H groups in total. The van der Waals surface area contributed by atoms with Crippen molar-refractivity contribution in [3.05, 3.63) is 46.7 Å². The van der Waals surface area contributed by atoms with Crippen LogP contribution in [0, 0.1) is 0 Å². The van der Waals surface area contributed by atoms with Gasteiger partial charge in [0.05, 0.1) is 17.6 Å². The minimum absolute atomic E-state index is 0.194. The Kier molecular flexibility index (Phi) is 3.64. The smallest absolute Gasteiger partial charge is 0.339 e. The number of hydrogen-bond donors (Lipinski definition) is 2. The highest BCUT2D eigenvalue weighted by Gasteiger charge is 2.16. The fourth-order valence-corrected chi connectivity index (χ4v) is 1.82. The SMILES string of the molecule is CNCc1c(C(=O)O)cnn1-c1ccc(Cl)cc1. The van der Waals surface area contributed by atoms with E-state index in [0.29, 0.717) is 17.3 Å². The van der Waals surface area contributed by atoms with E-state index in [1.807, 2.05) is 0 Å². The minimum Gasteiger partial charge on any atom is -0.478 e. The van der Waals surface area contributed by atoms with Crippen molar-refractivity contribution in [2.24, 2.45) is 0 Å². The summed E-state index contributed by atoms with van der Waals surface area (Å²) in [6, 6.07) is 7.06. The summed E-state index contributed by atoms with van der Waals surface area (Å²) in [6.45, 7) is 0.421. The third-order valence-corrected chi connectivity index (χ3v) is 2.77. The Labute approximate surface area is 109 Å². The molecule has 5 nitrogen and oxygen atoms in total. The van der Waals surface area contributed by atoms with Crippen molar-refractivity contribution >= 4 is 17.6 Å². The lowest BCUT2D eigenvalue weighted by atomic mass is 10.2. The second-order valence-electron chi connectivity index (χ2n) is 3.73. The zero-order valence-corrected chi connectivity index (χ0v) is 10.5. The van der Waals surface area contributed by atoms with Crippen LogP contribution in [0.15, 0.2) is 30.5 Å². The van der Waals surface area contributed by atoms with Crippen molar-refractivity contribution in [3.63, 3.8) is 0 Å². The molecule has 0 aliphatic rings. The lowest BCUT2D eigenvalue weighted by molar-refractivity contribution is 0.0695. The molecule has 2 rings (SSSR count). The molecule has 0 saturated carbocycles. The summed E-state index contributed by atoms with van der Waals surface area (Å²) in [5.74, 6) is -0.986. The molecular weight excluding hydrogens is 254 g/mol. The third-order valence-electron chi connectivity index (χ3n) is 2.51. The Hall–Kier alpha value is -1.85. The molecule has 0 aliphatic carbocycles. The summed E-state index contributed by atoms with van der Waals surface area (Å²) >= 11 is 5.82. The van der Waals surface area contributed by atoms with Gasteiger partial charge in [-0.1, -0.05) is 11.6 Å². The van der Waals surface area contributed by atoms with E-state index in [0.717, 1.165) is 5.69 Å². The summed E-state index contributed by atoms with van der Waals surface area (Å²) in [5, 5.41) is 16.8. The lowest BCUT2D eigenvalue weighted by Gasteiger charge is -2.08. The summed E-state index contributed by atoms with van der Waals surface area (Å²) < 4.78 is 1.59. The van der Waals surface area contributed by atoms with Gasteiger partial charge in [0.1, 0.15) is 5.56 Å². The van der Waals surface area contributed by atoms with E-state index in [1.165, 1.54) is 6.20 Å². The van der Waals surface area contributed by atoms with Crippen LogP contribution in [-0.4, -0.2) is 27.9 Å². The second-order valence-corrected chi connectivity index (χ2v) is 4.17. The molecule has 0 unspecified atom stereocenters. The van der Waals surface area contributed by atoms with Crippen molar-refractivity contribution in [2.75, 3.05) is 7.05 Å². The van der Waals surface area contributed by atoms with Gasteiger partial charge in [-0.3, -0.25) is 0 Å². The van der Waals surface area contributed by atoms with Crippen molar-refractivity contribution in [3.8, 4) is 5.69 Å². The van der Waals surface area contributed by atoms with Crippen LogP contribution >= 0.6 is 11.6 Å². The monoisotopic (exact) mass is 265 g/mol. The Morgan fingerprint density at radius 3 is 2.67 bits per heavy atom. The fraction of sp³-hybridized carbons (Fsp3) is 0.167. The molecule has 0 atom stereocenters. The molecule has 18 heavy (non-hydrogen) atoms. The van der Waals surface area contributed by atoms with E-state index in [-0.39, 0.29) is 5.56 Å². The van der Waals surface area contributed by atoms with E-state index in [9.17, 15) is 4.79 Å². The molecule has 0 spiro atoms. The first-order valence-electron chi connectivity index (χ1n) is 5.34. The van der Waals surface area contributed by atoms with Gasteiger partial charge in [-0.05, 0) is 31.3 Å². The molecule has 94 valence electrons. The summed E-state index contributed by atoms with van der Waals surface area (Å²) in [5.41, 5.74) is 1.57. The van der Waals surface area contributed by atoms with Crippen LogP contribution < -0.4 is 5.32 Å². The van der Waals surface area contributed by atoms with Crippen LogP contribution in [0.1, 0.15) is 16.1 Å². The average molecular weight is 266 g/mol. The topological polar surface area (TPSA) is 67.2 Å². The zero-order valence-electron chi connectivity index (χ0n) is 9.72. The number of nitrogens with one attached hydrogen (secondary N) is 1. The first kappa shape index (κ1) is 12.6. The highest BCUT2D eigenvalue weighted by molar-refractivity contribution is 6.30. The molecule has 2 aromatic rings. The van der Waals surface area contributed by atoms with Crippen LogP contribution in [0.5, 0.6) is 0 Å². The number of halogens is 1. The van der Waals surface area contributed by atoms with E-state index in [4.69, 9.17) is 16.7 Å². The highest BCUT2D eigenvalue weighted by Crippen LogP contribution is 2.17. The van der Waals surface area contributed by atoms with Gasteiger partial charge in [0, 0.05) is 11.6 Å². The molecule has 0 bridgehead atoms. The van der Waals surface area contributed by atoms with Crippen molar-refractivity contribution in [2.45, 2.75) is 6.54 Å². The predicted octanol–water partition coefficient (Wildman–Crippen LogP) is 1.94. The number of carboxylic acid groups (broad SMARTS) is 1. The van der Waals surface area contributed by atoms with Crippen molar-refractivity contribution in [1.82, 2.24) is 15.1 Å². The van der Waals surface area contributed by atoms with E-state index in [1.54, 1.807) is 36.0 Å². The quantitative estimate of drug-likeness (QED) is 0.887. The number of hydrogen-bond acceptors (Lipinski definition) is 3. The molecule has 6 heteroatoms. The molecular formula is C12H12ClN3O2. The average Bonchev–Trinajstić information content (AvgIpc) is 2.74. The van der Waals surface area contributed by atoms with Gasteiger partial charge in [-0.15, -0.1) is 0 Å². The number of rotatable bonds is 4. The van der Waals surface area contributed by atoms with Gasteiger partial charge in [0.15, 0.2) is 0 Å². The molecule has 1 aromatic heterocycles. The minimum atomic E-state index is -0.986. The molecule has 0 radical (unpaired) electrons. The number of carboxylic acids is 1. The largest absolute Gasteiger partial charge is 0.478 e. The standard InChI is InChI=1S/C12H12ClN3O2/c1-14-7-11-10(12(17)18)6-15-16(11)9-4-2-8(13)3-5-9/h2-6,14H,7H2,1H3,(H,17,18). The molecule has 1 aromatic carbocycles. The van der Waals surface area contributed by atoms with Crippen LogP contribution in [0.4, 0.5) is 0 Å². The number of aromatic carboxylic acids is 1. The Bertz CT molecular complexity index is 563. The fourth-order valence-electron chi connectivity index (χ4n) is 1.69. The summed E-state index contributed by atoms with van der Waals surface area (Å²) in [4.78, 5) is 11.1. The maximum atomic E-state index is 11.1. The maximum absolute atomic E-state index is 11.1. The molecule has 1 heterocycles. The van der Waals surface area contributed by atoms with Crippen LogP contribution in [0.3, 0.4) is 0 Å². The normalized spacial score (nSPS) is 10.6. The van der Waals surface area contributed by atoms with Crippen LogP contribution in [0.25, 0.3) is 5.69 Å². The second kappa shape index (κ2) is 5.20. The maximum Gasteiger partial charge on any atom is 0.339 e. The zero-order chi connectivity index (χ0) is 13.1. The van der Waals surface area contributed by atoms with Gasteiger partial charge in [0.25, 0.3) is 0 Å². The van der Waals surface area contributed by atoms with Gasteiger partial charge in [-0.25, -0.2) is 9.48 Å². The number of benzene rings is 1. The lowest BCUT2D eigenvalue weighted by Crippen LogP contribution is -2.14. The predicted molar refractivity (Wildman–Crippen MR) is 68.3 cm³/mol. The molecule has 0 fully saturated rings. The molecule has 0 saturated heterocycles. The highest BCUT2D eigenvalue weighted by atomic mass is 35.5. The first-order chi connectivity index (χ1) is 8.63. The summed E-state index contributed by atoms with van der Waals surface area (Å²) in [6.07, 6.45) is 1.35. The first-order valence-corrected chi connectivity index (χ1v) is 5.72. The van der Waals surface area contributed by atoms with E-state index in [2.05, 4.69) is 10.4 Å². The molecule has 0 aliphatic heterocycles.